The van der Waals surface area contributed by atoms with Gasteiger partial charge < -0.3 is 4.57 Å². The molecule has 0 aliphatic heterocycles. The first-order valence-electron chi connectivity index (χ1n) is 7.17. The van der Waals surface area contributed by atoms with Gasteiger partial charge in [0, 0.05) is 11.9 Å². The number of rotatable bonds is 3. The molecule has 3 rings (SSSR count). The maximum absolute atomic E-state index is 13.2. The molecular weight excluding hydrogens is 331 g/mol. The molecule has 0 aliphatic carbocycles. The number of amides is 1. The fourth-order valence-corrected chi connectivity index (χ4v) is 4.03. The highest BCUT2D eigenvalue weighted by molar-refractivity contribution is 7.12. The van der Waals surface area contributed by atoms with Gasteiger partial charge in [-0.05, 0) is 47.7 Å². The lowest BCUT2D eigenvalue weighted by molar-refractivity contribution is 0.100. The average molecular weight is 346 g/mol. The van der Waals surface area contributed by atoms with E-state index in [2.05, 4.69) is 11.9 Å². The van der Waals surface area contributed by atoms with E-state index >= 15 is 0 Å². The summed E-state index contributed by atoms with van der Waals surface area (Å²) in [7, 11) is 1.88. The summed E-state index contributed by atoms with van der Waals surface area (Å²) < 4.78 is 15.1. The van der Waals surface area contributed by atoms with E-state index < -0.39 is 0 Å². The molecule has 0 radical (unpaired) electrons. The van der Waals surface area contributed by atoms with Crippen molar-refractivity contribution in [1.29, 1.82) is 0 Å². The van der Waals surface area contributed by atoms with E-state index in [0.717, 1.165) is 22.6 Å². The second-order valence-corrected chi connectivity index (χ2v) is 6.98. The number of aromatic nitrogens is 1. The molecule has 3 aromatic rings. The van der Waals surface area contributed by atoms with Crippen LogP contribution < -0.4 is 4.80 Å². The van der Waals surface area contributed by atoms with Crippen LogP contribution in [0.4, 0.5) is 4.39 Å². The number of carbonyl (C=O) groups excluding carboxylic acids is 1. The van der Waals surface area contributed by atoms with Crippen LogP contribution in [0.3, 0.4) is 0 Å². The zero-order valence-corrected chi connectivity index (χ0v) is 14.4. The van der Waals surface area contributed by atoms with Gasteiger partial charge in [-0.15, -0.1) is 22.7 Å². The summed E-state index contributed by atoms with van der Waals surface area (Å²) in [6.07, 6.45) is 0.827. The number of aryl methyl sites for hydroxylation is 1. The van der Waals surface area contributed by atoms with Crippen LogP contribution >= 0.6 is 22.7 Å². The van der Waals surface area contributed by atoms with Crippen LogP contribution in [0.2, 0.25) is 0 Å². The minimum Gasteiger partial charge on any atom is -0.319 e. The Morgan fingerprint density at radius 3 is 2.61 bits per heavy atom. The van der Waals surface area contributed by atoms with Crippen molar-refractivity contribution < 1.29 is 9.18 Å². The van der Waals surface area contributed by atoms with E-state index in [9.17, 15) is 9.18 Å². The van der Waals surface area contributed by atoms with Gasteiger partial charge in [0.2, 0.25) is 0 Å². The van der Waals surface area contributed by atoms with Crippen LogP contribution in [0.5, 0.6) is 0 Å². The monoisotopic (exact) mass is 346 g/mol. The Balaban J connectivity index is 2.10. The highest BCUT2D eigenvalue weighted by Gasteiger charge is 2.13. The number of thiazole rings is 1. The summed E-state index contributed by atoms with van der Waals surface area (Å²) in [5.74, 6) is -0.493. The number of hydrogen-bond acceptors (Lipinski definition) is 3. The molecule has 1 aromatic carbocycles. The highest BCUT2D eigenvalue weighted by Crippen LogP contribution is 2.26. The van der Waals surface area contributed by atoms with Crippen molar-refractivity contribution in [3.63, 3.8) is 0 Å². The smallest absolute Gasteiger partial charge is 0.289 e. The third-order valence-electron chi connectivity index (χ3n) is 3.47. The predicted octanol–water partition coefficient (Wildman–Crippen LogP) is 4.26. The Morgan fingerprint density at radius 1 is 1.26 bits per heavy atom. The molecule has 0 spiro atoms. The van der Waals surface area contributed by atoms with Crippen LogP contribution in [0.25, 0.3) is 11.3 Å². The van der Waals surface area contributed by atoms with Crippen molar-refractivity contribution in [2.45, 2.75) is 13.3 Å². The lowest BCUT2D eigenvalue weighted by Crippen LogP contribution is -2.14. The molecule has 0 fully saturated rings. The minimum absolute atomic E-state index is 0.231. The van der Waals surface area contributed by atoms with Crippen molar-refractivity contribution in [3.8, 4) is 11.3 Å². The zero-order chi connectivity index (χ0) is 16.4. The van der Waals surface area contributed by atoms with Crippen molar-refractivity contribution in [2.75, 3.05) is 0 Å². The fourth-order valence-electron chi connectivity index (χ4n) is 2.35. The van der Waals surface area contributed by atoms with E-state index in [0.29, 0.717) is 9.68 Å². The number of benzene rings is 1. The molecule has 0 unspecified atom stereocenters. The lowest BCUT2D eigenvalue weighted by atomic mass is 10.1. The summed E-state index contributed by atoms with van der Waals surface area (Å²) in [5, 5.41) is 1.86. The molecule has 3 nitrogen and oxygen atoms in total. The van der Waals surface area contributed by atoms with E-state index in [1.807, 2.05) is 23.1 Å². The molecule has 0 atom stereocenters. The minimum atomic E-state index is -0.262. The Labute approximate surface area is 141 Å². The standard InChI is InChI=1S/C17H15FN2OS2/c1-3-13-15(11-6-8-12(18)9-7-11)20(2)17(23-13)19-16(21)14-5-4-10-22-14/h4-10H,3H2,1-2H3. The molecular formula is C17H15FN2OS2. The van der Waals surface area contributed by atoms with Crippen LogP contribution in [0.1, 0.15) is 21.5 Å². The van der Waals surface area contributed by atoms with Gasteiger partial charge in [0.15, 0.2) is 4.80 Å². The van der Waals surface area contributed by atoms with Gasteiger partial charge in [-0.1, -0.05) is 13.0 Å². The highest BCUT2D eigenvalue weighted by atomic mass is 32.1. The SMILES string of the molecule is CCc1sc(=NC(=O)c2cccs2)n(C)c1-c1ccc(F)cc1. The first-order valence-corrected chi connectivity index (χ1v) is 8.87. The second kappa shape index (κ2) is 6.60. The summed E-state index contributed by atoms with van der Waals surface area (Å²) >= 11 is 2.88. The van der Waals surface area contributed by atoms with Gasteiger partial charge >= 0.3 is 0 Å². The Bertz CT molecular complexity index is 890. The number of thiophene rings is 1. The lowest BCUT2D eigenvalue weighted by Gasteiger charge is -2.05. The van der Waals surface area contributed by atoms with Crippen LogP contribution in [0.15, 0.2) is 46.8 Å². The topological polar surface area (TPSA) is 34.4 Å². The van der Waals surface area contributed by atoms with Crippen molar-refractivity contribution in [2.24, 2.45) is 12.0 Å². The Hall–Kier alpha value is -2.05. The van der Waals surface area contributed by atoms with E-state index in [4.69, 9.17) is 0 Å². The number of hydrogen-bond donors (Lipinski definition) is 0. The van der Waals surface area contributed by atoms with Gasteiger partial charge in [-0.3, -0.25) is 4.79 Å². The Kier molecular flexibility index (Phi) is 4.54. The molecule has 118 valence electrons. The molecule has 0 N–H and O–H groups in total. The summed E-state index contributed by atoms with van der Waals surface area (Å²) in [5.41, 5.74) is 1.90. The van der Waals surface area contributed by atoms with Gasteiger partial charge in [-0.25, -0.2) is 4.39 Å². The third kappa shape index (κ3) is 3.18. The van der Waals surface area contributed by atoms with Gasteiger partial charge in [0.05, 0.1) is 10.6 Å². The number of halogens is 1. The molecule has 2 heterocycles. The van der Waals surface area contributed by atoms with Crippen LogP contribution in [0, 0.1) is 5.82 Å². The van der Waals surface area contributed by atoms with Crippen molar-refractivity contribution in [3.05, 3.63) is 62.2 Å². The van der Waals surface area contributed by atoms with Crippen LogP contribution in [-0.4, -0.2) is 10.5 Å². The molecule has 0 bridgehead atoms. The maximum atomic E-state index is 13.2. The number of nitrogens with zero attached hydrogens (tertiary/aromatic N) is 2. The Morgan fingerprint density at radius 2 is 2.00 bits per heavy atom. The first kappa shape index (κ1) is 15.8. The van der Waals surface area contributed by atoms with Gasteiger partial charge in [0.25, 0.3) is 5.91 Å². The summed E-state index contributed by atoms with van der Waals surface area (Å²) in [4.78, 5) is 18.9. The fraction of sp³-hybridized carbons (Fsp3) is 0.176. The predicted molar refractivity (Wildman–Crippen MR) is 92.3 cm³/mol. The largest absolute Gasteiger partial charge is 0.319 e. The quantitative estimate of drug-likeness (QED) is 0.698. The molecule has 0 saturated heterocycles. The maximum Gasteiger partial charge on any atom is 0.289 e. The van der Waals surface area contributed by atoms with Gasteiger partial charge in [0.1, 0.15) is 5.82 Å². The molecule has 23 heavy (non-hydrogen) atoms. The molecule has 0 aliphatic rings. The van der Waals surface area contributed by atoms with Crippen molar-refractivity contribution in [1.82, 2.24) is 4.57 Å². The van der Waals surface area contributed by atoms with Crippen LogP contribution in [-0.2, 0) is 13.5 Å². The number of carbonyl (C=O) groups is 1. The van der Waals surface area contributed by atoms with E-state index in [1.54, 1.807) is 18.2 Å². The average Bonchev–Trinajstić information content (AvgIpc) is 3.18. The van der Waals surface area contributed by atoms with Gasteiger partial charge in [-0.2, -0.15) is 4.99 Å². The second-order valence-electron chi connectivity index (χ2n) is 4.97. The molecule has 1 amide bonds. The summed E-state index contributed by atoms with van der Waals surface area (Å²) in [6.45, 7) is 2.06. The van der Waals surface area contributed by atoms with E-state index in [-0.39, 0.29) is 11.7 Å². The summed E-state index contributed by atoms with van der Waals surface area (Å²) in [6, 6.07) is 10.00. The first-order chi connectivity index (χ1) is 11.1. The van der Waals surface area contributed by atoms with Crippen molar-refractivity contribution >= 4 is 28.6 Å². The third-order valence-corrected chi connectivity index (χ3v) is 5.60. The zero-order valence-electron chi connectivity index (χ0n) is 12.7. The molecule has 2 aromatic heterocycles. The van der Waals surface area contributed by atoms with E-state index in [1.165, 1.54) is 34.8 Å². The normalized spacial score (nSPS) is 11.9. The molecule has 0 saturated carbocycles. The molecule has 6 heteroatoms.